The van der Waals surface area contributed by atoms with Crippen LogP contribution in [0.2, 0.25) is 5.02 Å². The summed E-state index contributed by atoms with van der Waals surface area (Å²) in [5, 5.41) is 0.306. The number of anilines is 1. The van der Waals surface area contributed by atoms with Crippen molar-refractivity contribution in [2.45, 2.75) is 19.5 Å². The zero-order valence-electron chi connectivity index (χ0n) is 18.1. The zero-order valence-corrected chi connectivity index (χ0v) is 18.9. The zero-order chi connectivity index (χ0) is 24.2. The minimum atomic E-state index is -4.45. The third-order valence-corrected chi connectivity index (χ3v) is 5.09. The Morgan fingerprint density at radius 1 is 1.06 bits per heavy atom. The van der Waals surface area contributed by atoms with E-state index in [1.165, 1.54) is 16.1 Å². The molecular weight excluding hydrogens is 459 g/mol. The molecule has 2 aromatic heterocycles. The van der Waals surface area contributed by atoms with E-state index >= 15 is 0 Å². The fourth-order valence-corrected chi connectivity index (χ4v) is 3.06. The summed E-state index contributed by atoms with van der Waals surface area (Å²) in [4.78, 5) is 27.5. The van der Waals surface area contributed by atoms with Gasteiger partial charge in [0.25, 0.3) is 0 Å². The van der Waals surface area contributed by atoms with Gasteiger partial charge in [0.2, 0.25) is 5.88 Å². The van der Waals surface area contributed by atoms with E-state index in [0.29, 0.717) is 35.2 Å². The average Bonchev–Trinajstić information content (AvgIpc) is 2.77. The molecule has 0 N–H and O–H groups in total. The Bertz CT molecular complexity index is 1110. The van der Waals surface area contributed by atoms with E-state index in [1.807, 2.05) is 0 Å². The van der Waals surface area contributed by atoms with Crippen LogP contribution >= 0.6 is 11.6 Å². The Kier molecular flexibility index (Phi) is 7.37. The number of alkyl halides is 3. The Labute approximate surface area is 193 Å². The van der Waals surface area contributed by atoms with Crippen LogP contribution in [0.3, 0.4) is 0 Å². The summed E-state index contributed by atoms with van der Waals surface area (Å²) in [5.74, 6) is 0.796. The Hall–Kier alpha value is -3.40. The molecule has 0 unspecified atom stereocenters. The number of carbonyl (C=O) groups excluding carboxylic acids is 1. The van der Waals surface area contributed by atoms with Crippen LogP contribution in [-0.2, 0) is 12.6 Å². The minimum Gasteiger partial charge on any atom is -0.439 e. The number of aromatic nitrogens is 3. The van der Waals surface area contributed by atoms with E-state index in [1.54, 1.807) is 45.3 Å². The molecule has 0 aliphatic heterocycles. The smallest absolute Gasteiger partial charge is 0.417 e. The molecule has 2 amide bonds. The number of carbonyl (C=O) groups is 1. The number of nitrogens with zero attached hydrogens (tertiary/aromatic N) is 5. The van der Waals surface area contributed by atoms with Crippen LogP contribution in [0.25, 0.3) is 0 Å². The number of aryl methyl sites for hydroxylation is 1. The fraction of sp³-hybridized carbons (Fsp3) is 0.273. The van der Waals surface area contributed by atoms with Gasteiger partial charge in [-0.25, -0.2) is 19.7 Å². The van der Waals surface area contributed by atoms with Gasteiger partial charge in [-0.3, -0.25) is 4.90 Å². The van der Waals surface area contributed by atoms with Crippen molar-refractivity contribution in [3.05, 3.63) is 70.8 Å². The summed E-state index contributed by atoms with van der Waals surface area (Å²) in [5.41, 5.74) is 0.624. The molecule has 0 aliphatic carbocycles. The first kappa shape index (κ1) is 24.2. The van der Waals surface area contributed by atoms with Crippen LogP contribution in [0.1, 0.15) is 16.8 Å². The van der Waals surface area contributed by atoms with E-state index in [-0.39, 0.29) is 11.9 Å². The van der Waals surface area contributed by atoms with Gasteiger partial charge in [-0.2, -0.15) is 13.2 Å². The molecule has 11 heteroatoms. The second-order valence-electron chi connectivity index (χ2n) is 7.30. The Morgan fingerprint density at radius 2 is 1.76 bits per heavy atom. The molecule has 0 aliphatic rings. The van der Waals surface area contributed by atoms with Crippen LogP contribution in [0.4, 0.5) is 23.8 Å². The number of pyridine rings is 1. The van der Waals surface area contributed by atoms with Crippen molar-refractivity contribution >= 4 is 23.4 Å². The summed E-state index contributed by atoms with van der Waals surface area (Å²) in [6.45, 7) is 2.05. The molecule has 174 valence electrons. The lowest BCUT2D eigenvalue weighted by molar-refractivity contribution is -0.137. The van der Waals surface area contributed by atoms with E-state index in [4.69, 9.17) is 16.3 Å². The number of urea groups is 1. The number of amides is 2. The first-order chi connectivity index (χ1) is 15.6. The van der Waals surface area contributed by atoms with Crippen molar-refractivity contribution < 1.29 is 22.7 Å². The van der Waals surface area contributed by atoms with Gasteiger partial charge in [0.05, 0.1) is 11.3 Å². The summed E-state index contributed by atoms with van der Waals surface area (Å²) in [6.07, 6.45) is -1.88. The number of benzene rings is 1. The number of rotatable bonds is 6. The van der Waals surface area contributed by atoms with Crippen LogP contribution in [0, 0.1) is 6.92 Å². The normalized spacial score (nSPS) is 11.2. The predicted molar refractivity (Wildman–Crippen MR) is 118 cm³/mol. The standard InChI is InChI=1S/C22H21ClF3N5O2/c1-14-19(23)20(29-13-28-14)31(21(32)30(2)3)11-10-15-4-7-17(8-5-15)33-18-9-6-16(12-27-18)22(24,25)26/h4-9,12-13H,10-11H2,1-3H3. The molecule has 3 rings (SSSR count). The van der Waals surface area contributed by atoms with Crippen LogP contribution < -0.4 is 9.64 Å². The Morgan fingerprint density at radius 3 is 2.33 bits per heavy atom. The van der Waals surface area contributed by atoms with Crippen LogP contribution in [-0.4, -0.2) is 46.5 Å². The van der Waals surface area contributed by atoms with Crippen molar-refractivity contribution in [1.29, 1.82) is 0 Å². The lowest BCUT2D eigenvalue weighted by Gasteiger charge is -2.26. The van der Waals surface area contributed by atoms with E-state index in [9.17, 15) is 18.0 Å². The lowest BCUT2D eigenvalue weighted by atomic mass is 10.1. The summed E-state index contributed by atoms with van der Waals surface area (Å²) in [7, 11) is 3.28. The van der Waals surface area contributed by atoms with Crippen LogP contribution in [0.5, 0.6) is 11.6 Å². The molecule has 2 heterocycles. The lowest BCUT2D eigenvalue weighted by Crippen LogP contribution is -2.41. The highest BCUT2D eigenvalue weighted by Gasteiger charge is 2.30. The number of halogens is 4. The average molecular weight is 480 g/mol. The van der Waals surface area contributed by atoms with Crippen molar-refractivity contribution in [3.63, 3.8) is 0 Å². The number of hydrogen-bond acceptors (Lipinski definition) is 5. The third kappa shape index (κ3) is 6.10. The summed E-state index contributed by atoms with van der Waals surface area (Å²) < 4.78 is 43.4. The van der Waals surface area contributed by atoms with Gasteiger partial charge in [0.1, 0.15) is 17.1 Å². The maximum atomic E-state index is 12.7. The largest absolute Gasteiger partial charge is 0.439 e. The predicted octanol–water partition coefficient (Wildman–Crippen LogP) is 5.38. The second kappa shape index (κ2) is 10.0. The number of hydrogen-bond donors (Lipinski definition) is 0. The molecular formula is C22H21ClF3N5O2. The first-order valence-corrected chi connectivity index (χ1v) is 10.2. The second-order valence-corrected chi connectivity index (χ2v) is 7.68. The highest BCUT2D eigenvalue weighted by atomic mass is 35.5. The van der Waals surface area contributed by atoms with E-state index in [2.05, 4.69) is 15.0 Å². The first-order valence-electron chi connectivity index (χ1n) is 9.82. The minimum absolute atomic E-state index is 0.0484. The molecule has 0 atom stereocenters. The van der Waals surface area contributed by atoms with Crippen molar-refractivity contribution in [2.24, 2.45) is 0 Å². The maximum absolute atomic E-state index is 12.7. The molecule has 0 saturated carbocycles. The highest BCUT2D eigenvalue weighted by Crippen LogP contribution is 2.30. The van der Waals surface area contributed by atoms with Crippen molar-refractivity contribution in [2.75, 3.05) is 25.5 Å². The van der Waals surface area contributed by atoms with Gasteiger partial charge in [0, 0.05) is 32.9 Å². The molecule has 0 saturated heterocycles. The summed E-state index contributed by atoms with van der Waals surface area (Å²) in [6, 6.07) is 8.74. The summed E-state index contributed by atoms with van der Waals surface area (Å²) >= 11 is 6.33. The van der Waals surface area contributed by atoms with Crippen molar-refractivity contribution in [3.8, 4) is 11.6 Å². The topological polar surface area (TPSA) is 71.5 Å². The molecule has 0 bridgehead atoms. The van der Waals surface area contributed by atoms with Gasteiger partial charge in [-0.05, 0) is 37.1 Å². The molecule has 0 radical (unpaired) electrons. The van der Waals surface area contributed by atoms with Gasteiger partial charge in [0.15, 0.2) is 5.82 Å². The molecule has 7 nitrogen and oxygen atoms in total. The van der Waals surface area contributed by atoms with Crippen LogP contribution in [0.15, 0.2) is 48.9 Å². The van der Waals surface area contributed by atoms with Gasteiger partial charge < -0.3 is 9.64 Å². The SMILES string of the molecule is Cc1ncnc(N(CCc2ccc(Oc3ccc(C(F)(F)F)cn3)cc2)C(=O)N(C)C)c1Cl. The molecule has 0 fully saturated rings. The quantitative estimate of drug-likeness (QED) is 0.475. The molecule has 33 heavy (non-hydrogen) atoms. The molecule has 1 aromatic carbocycles. The molecule has 0 spiro atoms. The van der Waals surface area contributed by atoms with Crippen molar-refractivity contribution in [1.82, 2.24) is 19.9 Å². The maximum Gasteiger partial charge on any atom is 0.417 e. The van der Waals surface area contributed by atoms with Gasteiger partial charge >= 0.3 is 12.2 Å². The Balaban J connectivity index is 1.69. The van der Waals surface area contributed by atoms with E-state index < -0.39 is 11.7 Å². The van der Waals surface area contributed by atoms with E-state index in [0.717, 1.165) is 23.9 Å². The fourth-order valence-electron chi connectivity index (χ4n) is 2.86. The highest BCUT2D eigenvalue weighted by molar-refractivity contribution is 6.34. The third-order valence-electron chi connectivity index (χ3n) is 4.65. The monoisotopic (exact) mass is 479 g/mol. The molecule has 3 aromatic rings. The van der Waals surface area contributed by atoms with Gasteiger partial charge in [-0.15, -0.1) is 0 Å². The number of ether oxygens (including phenoxy) is 1. The van der Waals surface area contributed by atoms with Gasteiger partial charge in [-0.1, -0.05) is 23.7 Å².